The maximum absolute atomic E-state index is 12.2. The first-order valence-corrected chi connectivity index (χ1v) is 7.82. The van der Waals surface area contributed by atoms with Gasteiger partial charge >= 0.3 is 6.09 Å². The summed E-state index contributed by atoms with van der Waals surface area (Å²) in [5.74, 6) is 0.0980. The van der Waals surface area contributed by atoms with Crippen molar-refractivity contribution >= 4 is 27.8 Å². The molecule has 2 rings (SSSR count). The monoisotopic (exact) mass is 353 g/mol. The van der Waals surface area contributed by atoms with Gasteiger partial charge in [-0.05, 0) is 38.5 Å². The molecule has 1 unspecified atom stereocenters. The Kier molecular flexibility index (Phi) is 4.71. The van der Waals surface area contributed by atoms with Crippen LogP contribution >= 0.6 is 15.9 Å². The Balaban J connectivity index is 2.12. The number of benzene rings is 1. The fourth-order valence-corrected chi connectivity index (χ4v) is 2.82. The van der Waals surface area contributed by atoms with E-state index in [-0.39, 0.29) is 5.78 Å². The SMILES string of the molecule is CC(C)(C)OC(=O)N1CCC(=O)C1Cc1cccc(Br)c1. The molecule has 0 radical (unpaired) electrons. The van der Waals surface area contributed by atoms with Gasteiger partial charge in [0.15, 0.2) is 5.78 Å². The molecule has 114 valence electrons. The zero-order chi connectivity index (χ0) is 15.6. The second kappa shape index (κ2) is 6.18. The summed E-state index contributed by atoms with van der Waals surface area (Å²) in [7, 11) is 0. The molecule has 0 spiro atoms. The van der Waals surface area contributed by atoms with Gasteiger partial charge in [-0.1, -0.05) is 28.1 Å². The van der Waals surface area contributed by atoms with E-state index in [4.69, 9.17) is 4.74 Å². The van der Waals surface area contributed by atoms with Crippen molar-refractivity contribution in [2.24, 2.45) is 0 Å². The molecule has 1 aliphatic rings. The Morgan fingerprint density at radius 1 is 1.43 bits per heavy atom. The Bertz CT molecular complexity index is 551. The zero-order valence-corrected chi connectivity index (χ0v) is 14.1. The predicted molar refractivity (Wildman–Crippen MR) is 84.2 cm³/mol. The maximum atomic E-state index is 12.2. The summed E-state index contributed by atoms with van der Waals surface area (Å²) in [4.78, 5) is 25.8. The highest BCUT2D eigenvalue weighted by Gasteiger charge is 2.37. The molecule has 21 heavy (non-hydrogen) atoms. The van der Waals surface area contributed by atoms with Gasteiger partial charge < -0.3 is 4.74 Å². The molecule has 0 aliphatic carbocycles. The minimum absolute atomic E-state index is 0.0980. The summed E-state index contributed by atoms with van der Waals surface area (Å²) in [6.07, 6.45) is 0.517. The number of rotatable bonds is 2. The third kappa shape index (κ3) is 4.30. The van der Waals surface area contributed by atoms with Crippen LogP contribution in [0.2, 0.25) is 0 Å². The van der Waals surface area contributed by atoms with Crippen molar-refractivity contribution in [2.75, 3.05) is 6.54 Å². The molecule has 1 aliphatic heterocycles. The second-order valence-corrected chi connectivity index (χ2v) is 7.16. The van der Waals surface area contributed by atoms with Crippen LogP contribution in [0.15, 0.2) is 28.7 Å². The molecule has 1 fully saturated rings. The molecule has 1 heterocycles. The van der Waals surface area contributed by atoms with Crippen LogP contribution in [0.25, 0.3) is 0 Å². The van der Waals surface area contributed by atoms with E-state index >= 15 is 0 Å². The molecular weight excluding hydrogens is 334 g/mol. The zero-order valence-electron chi connectivity index (χ0n) is 12.6. The van der Waals surface area contributed by atoms with Gasteiger partial charge in [0, 0.05) is 23.9 Å². The number of halogens is 1. The number of hydrogen-bond acceptors (Lipinski definition) is 3. The quantitative estimate of drug-likeness (QED) is 0.816. The summed E-state index contributed by atoms with van der Waals surface area (Å²) in [6.45, 7) is 5.91. The van der Waals surface area contributed by atoms with E-state index in [1.54, 1.807) is 4.90 Å². The highest BCUT2D eigenvalue weighted by Crippen LogP contribution is 2.22. The van der Waals surface area contributed by atoms with Crippen molar-refractivity contribution < 1.29 is 14.3 Å². The molecule has 5 heteroatoms. The van der Waals surface area contributed by atoms with Crippen molar-refractivity contribution in [1.82, 2.24) is 4.90 Å². The number of amides is 1. The Hall–Kier alpha value is -1.36. The van der Waals surface area contributed by atoms with Gasteiger partial charge in [0.1, 0.15) is 5.60 Å². The third-order valence-electron chi connectivity index (χ3n) is 3.29. The first-order chi connectivity index (χ1) is 9.76. The van der Waals surface area contributed by atoms with Gasteiger partial charge in [-0.15, -0.1) is 0 Å². The first-order valence-electron chi connectivity index (χ1n) is 7.03. The van der Waals surface area contributed by atoms with Gasteiger partial charge in [-0.2, -0.15) is 0 Å². The molecule has 1 atom stereocenters. The lowest BCUT2D eigenvalue weighted by Gasteiger charge is -2.27. The van der Waals surface area contributed by atoms with Gasteiger partial charge in [0.2, 0.25) is 0 Å². The van der Waals surface area contributed by atoms with E-state index in [1.807, 2.05) is 45.0 Å². The molecule has 0 saturated carbocycles. The fraction of sp³-hybridized carbons (Fsp3) is 0.500. The van der Waals surface area contributed by atoms with E-state index in [0.29, 0.717) is 19.4 Å². The summed E-state index contributed by atoms with van der Waals surface area (Å²) in [6, 6.07) is 7.37. The molecule has 1 aromatic carbocycles. The Labute approximate surface area is 133 Å². The van der Waals surface area contributed by atoms with Gasteiger partial charge in [-0.25, -0.2) is 4.79 Å². The van der Waals surface area contributed by atoms with E-state index in [2.05, 4.69) is 15.9 Å². The number of nitrogens with zero attached hydrogens (tertiary/aromatic N) is 1. The molecule has 1 saturated heterocycles. The van der Waals surface area contributed by atoms with E-state index < -0.39 is 17.7 Å². The third-order valence-corrected chi connectivity index (χ3v) is 3.79. The van der Waals surface area contributed by atoms with Crippen LogP contribution < -0.4 is 0 Å². The summed E-state index contributed by atoms with van der Waals surface area (Å²) < 4.78 is 6.35. The van der Waals surface area contributed by atoms with Crippen LogP contribution in [0, 0.1) is 0 Å². The topological polar surface area (TPSA) is 46.6 Å². The van der Waals surface area contributed by atoms with E-state index in [0.717, 1.165) is 10.0 Å². The lowest BCUT2D eigenvalue weighted by molar-refractivity contribution is -0.119. The number of likely N-dealkylation sites (tertiary alicyclic amines) is 1. The number of carbonyl (C=O) groups is 2. The number of Topliss-reactive ketones (excluding diaryl/α,β-unsaturated/α-hetero) is 1. The summed E-state index contributed by atoms with van der Waals surface area (Å²) in [5, 5.41) is 0. The highest BCUT2D eigenvalue weighted by molar-refractivity contribution is 9.10. The normalized spacial score (nSPS) is 19.0. The molecule has 1 amide bonds. The van der Waals surface area contributed by atoms with Crippen LogP contribution in [0.3, 0.4) is 0 Å². The average Bonchev–Trinajstić information content (AvgIpc) is 2.69. The van der Waals surface area contributed by atoms with Crippen molar-refractivity contribution in [3.05, 3.63) is 34.3 Å². The van der Waals surface area contributed by atoms with Crippen molar-refractivity contribution in [3.8, 4) is 0 Å². The van der Waals surface area contributed by atoms with Crippen LogP contribution in [0.4, 0.5) is 4.79 Å². The lowest BCUT2D eigenvalue weighted by Crippen LogP contribution is -2.42. The first kappa shape index (κ1) is 16.0. The van der Waals surface area contributed by atoms with Crippen molar-refractivity contribution in [2.45, 2.75) is 45.3 Å². The molecule has 0 bridgehead atoms. The van der Waals surface area contributed by atoms with Crippen molar-refractivity contribution in [1.29, 1.82) is 0 Å². The lowest BCUT2D eigenvalue weighted by atomic mass is 10.0. The minimum atomic E-state index is -0.553. The van der Waals surface area contributed by atoms with Gasteiger partial charge in [0.25, 0.3) is 0 Å². The largest absolute Gasteiger partial charge is 0.444 e. The number of ether oxygens (including phenoxy) is 1. The van der Waals surface area contributed by atoms with Crippen LogP contribution in [-0.2, 0) is 16.0 Å². The number of carbonyl (C=O) groups excluding carboxylic acids is 2. The number of ketones is 1. The maximum Gasteiger partial charge on any atom is 0.410 e. The minimum Gasteiger partial charge on any atom is -0.444 e. The standard InChI is InChI=1S/C16H20BrNO3/c1-16(2,3)21-15(20)18-8-7-14(19)13(18)10-11-5-4-6-12(17)9-11/h4-6,9,13H,7-8,10H2,1-3H3. The van der Waals surface area contributed by atoms with Gasteiger partial charge in [0.05, 0.1) is 6.04 Å². The van der Waals surface area contributed by atoms with E-state index in [9.17, 15) is 9.59 Å². The van der Waals surface area contributed by atoms with Crippen molar-refractivity contribution in [3.63, 3.8) is 0 Å². The average molecular weight is 354 g/mol. The molecule has 4 nitrogen and oxygen atoms in total. The fourth-order valence-electron chi connectivity index (χ4n) is 2.38. The van der Waals surface area contributed by atoms with Crippen LogP contribution in [-0.4, -0.2) is 35.0 Å². The molecular formula is C16H20BrNO3. The van der Waals surface area contributed by atoms with Crippen LogP contribution in [0.1, 0.15) is 32.8 Å². The smallest absolute Gasteiger partial charge is 0.410 e. The highest BCUT2D eigenvalue weighted by atomic mass is 79.9. The Morgan fingerprint density at radius 2 is 2.14 bits per heavy atom. The van der Waals surface area contributed by atoms with E-state index in [1.165, 1.54) is 0 Å². The second-order valence-electron chi connectivity index (χ2n) is 6.24. The molecule has 0 aromatic heterocycles. The van der Waals surface area contributed by atoms with Gasteiger partial charge in [-0.3, -0.25) is 9.69 Å². The summed E-state index contributed by atoms with van der Waals surface area (Å²) >= 11 is 3.42. The predicted octanol–water partition coefficient (Wildman–Crippen LogP) is 3.57. The summed E-state index contributed by atoms with van der Waals surface area (Å²) in [5.41, 5.74) is 0.474. The number of hydrogen-bond donors (Lipinski definition) is 0. The molecule has 0 N–H and O–H groups in total. The molecule has 1 aromatic rings. The Morgan fingerprint density at radius 3 is 2.76 bits per heavy atom. The van der Waals surface area contributed by atoms with Crippen LogP contribution in [0.5, 0.6) is 0 Å².